The van der Waals surface area contributed by atoms with Gasteiger partial charge in [0.25, 0.3) is 0 Å². The zero-order valence-corrected chi connectivity index (χ0v) is 14.4. The molecule has 132 valence electrons. The van der Waals surface area contributed by atoms with E-state index < -0.39 is 0 Å². The van der Waals surface area contributed by atoms with Crippen molar-refractivity contribution in [1.82, 2.24) is 9.97 Å². The number of fused-ring (bicyclic) bond motifs is 1. The number of rotatable bonds is 5. The molecule has 1 heterocycles. The van der Waals surface area contributed by atoms with Crippen LogP contribution in [-0.2, 0) is 4.79 Å². The van der Waals surface area contributed by atoms with Crippen molar-refractivity contribution in [3.63, 3.8) is 0 Å². The highest BCUT2D eigenvalue weighted by Crippen LogP contribution is 2.30. The summed E-state index contributed by atoms with van der Waals surface area (Å²) in [5, 5.41) is 6.89. The first kappa shape index (κ1) is 16.4. The Morgan fingerprint density at radius 1 is 1.15 bits per heavy atom. The van der Waals surface area contributed by atoms with Gasteiger partial charge in [-0.15, -0.1) is 0 Å². The van der Waals surface area contributed by atoms with Crippen molar-refractivity contribution in [2.45, 2.75) is 25.8 Å². The zero-order valence-electron chi connectivity index (χ0n) is 14.4. The Kier molecular flexibility index (Phi) is 4.24. The van der Waals surface area contributed by atoms with Crippen LogP contribution < -0.4 is 10.6 Å². The fraction of sp³-hybridized carbons (Fsp3) is 0.250. The van der Waals surface area contributed by atoms with Gasteiger partial charge in [0.15, 0.2) is 0 Å². The maximum atomic E-state index is 13.9. The second kappa shape index (κ2) is 6.71. The third-order valence-electron chi connectivity index (χ3n) is 4.60. The highest BCUT2D eigenvalue weighted by Gasteiger charge is 2.29. The minimum absolute atomic E-state index is 0.0375. The number of anilines is 2. The van der Waals surface area contributed by atoms with Crippen molar-refractivity contribution < 1.29 is 9.18 Å². The second-order valence-electron chi connectivity index (χ2n) is 6.61. The van der Waals surface area contributed by atoms with Crippen LogP contribution in [0.4, 0.5) is 15.9 Å². The summed E-state index contributed by atoms with van der Waals surface area (Å²) in [6.45, 7) is 2.00. The van der Waals surface area contributed by atoms with E-state index in [9.17, 15) is 9.18 Å². The largest absolute Gasteiger partial charge is 0.363 e. The van der Waals surface area contributed by atoms with E-state index in [1.54, 1.807) is 12.1 Å². The monoisotopic (exact) mass is 350 g/mol. The molecule has 3 aromatic rings. The van der Waals surface area contributed by atoms with Crippen LogP contribution in [0.5, 0.6) is 0 Å². The molecule has 26 heavy (non-hydrogen) atoms. The molecule has 0 aliphatic heterocycles. The molecule has 1 saturated carbocycles. The van der Waals surface area contributed by atoms with Crippen LogP contribution in [0, 0.1) is 11.7 Å². The second-order valence-corrected chi connectivity index (χ2v) is 6.61. The summed E-state index contributed by atoms with van der Waals surface area (Å²) >= 11 is 0. The smallest absolute Gasteiger partial charge is 0.227 e. The normalized spacial score (nSPS) is 14.8. The lowest BCUT2D eigenvalue weighted by Crippen LogP contribution is -2.13. The Labute approximate surface area is 150 Å². The molecule has 1 amide bonds. The topological polar surface area (TPSA) is 66.9 Å². The van der Waals surface area contributed by atoms with Crippen LogP contribution in [0.3, 0.4) is 0 Å². The Bertz CT molecular complexity index is 954. The van der Waals surface area contributed by atoms with Crippen LogP contribution in [-0.4, -0.2) is 15.9 Å². The van der Waals surface area contributed by atoms with Crippen LogP contribution >= 0.6 is 0 Å². The molecule has 1 atom stereocenters. The SMILES string of the molecule is C[C@@H](Nc1ncnc2c(F)cccc12)c1ccc(NC(=O)C2CC2)cc1. The Morgan fingerprint density at radius 2 is 1.92 bits per heavy atom. The fourth-order valence-corrected chi connectivity index (χ4v) is 2.90. The van der Waals surface area contributed by atoms with Crippen molar-refractivity contribution in [3.8, 4) is 0 Å². The van der Waals surface area contributed by atoms with E-state index in [1.807, 2.05) is 31.2 Å². The van der Waals surface area contributed by atoms with E-state index in [4.69, 9.17) is 0 Å². The molecule has 0 unspecified atom stereocenters. The Morgan fingerprint density at radius 3 is 2.65 bits per heavy atom. The number of amides is 1. The van der Waals surface area contributed by atoms with Crippen molar-refractivity contribution in [2.75, 3.05) is 10.6 Å². The Hall–Kier alpha value is -3.02. The van der Waals surface area contributed by atoms with Gasteiger partial charge in [-0.3, -0.25) is 4.79 Å². The van der Waals surface area contributed by atoms with Crippen molar-refractivity contribution in [1.29, 1.82) is 0 Å². The van der Waals surface area contributed by atoms with Gasteiger partial charge in [-0.25, -0.2) is 14.4 Å². The average Bonchev–Trinajstić information content (AvgIpc) is 3.48. The van der Waals surface area contributed by atoms with E-state index in [1.165, 1.54) is 12.4 Å². The third-order valence-corrected chi connectivity index (χ3v) is 4.60. The fourth-order valence-electron chi connectivity index (χ4n) is 2.90. The van der Waals surface area contributed by atoms with E-state index >= 15 is 0 Å². The van der Waals surface area contributed by atoms with Crippen LogP contribution in [0.25, 0.3) is 10.9 Å². The van der Waals surface area contributed by atoms with E-state index in [2.05, 4.69) is 20.6 Å². The van der Waals surface area contributed by atoms with Gasteiger partial charge in [-0.05, 0) is 49.6 Å². The lowest BCUT2D eigenvalue weighted by atomic mass is 10.1. The number of hydrogen-bond acceptors (Lipinski definition) is 4. The number of hydrogen-bond donors (Lipinski definition) is 2. The highest BCUT2D eigenvalue weighted by atomic mass is 19.1. The van der Waals surface area contributed by atoms with Crippen molar-refractivity contribution in [2.24, 2.45) is 5.92 Å². The quantitative estimate of drug-likeness (QED) is 0.720. The van der Waals surface area contributed by atoms with Gasteiger partial charge in [0.05, 0.1) is 0 Å². The number of carbonyl (C=O) groups is 1. The molecule has 1 fully saturated rings. The molecule has 5 nitrogen and oxygen atoms in total. The number of benzene rings is 2. The third kappa shape index (κ3) is 3.35. The molecule has 1 aliphatic rings. The maximum Gasteiger partial charge on any atom is 0.227 e. The number of para-hydroxylation sites is 1. The summed E-state index contributed by atoms with van der Waals surface area (Å²) in [6.07, 6.45) is 3.33. The van der Waals surface area contributed by atoms with Gasteiger partial charge in [0.1, 0.15) is 23.5 Å². The van der Waals surface area contributed by atoms with Gasteiger partial charge >= 0.3 is 0 Å². The molecule has 6 heteroatoms. The van der Waals surface area contributed by atoms with E-state index in [0.29, 0.717) is 16.7 Å². The highest BCUT2D eigenvalue weighted by molar-refractivity contribution is 5.94. The summed E-state index contributed by atoms with van der Waals surface area (Å²) in [4.78, 5) is 20.1. The minimum Gasteiger partial charge on any atom is -0.363 e. The summed E-state index contributed by atoms with van der Waals surface area (Å²) in [5.74, 6) is 0.504. The zero-order chi connectivity index (χ0) is 18.1. The average molecular weight is 350 g/mol. The Balaban J connectivity index is 1.50. The molecular weight excluding hydrogens is 331 g/mol. The lowest BCUT2D eigenvalue weighted by molar-refractivity contribution is -0.117. The van der Waals surface area contributed by atoms with E-state index in [0.717, 1.165) is 24.1 Å². The molecule has 0 saturated heterocycles. The maximum absolute atomic E-state index is 13.9. The van der Waals surface area contributed by atoms with Gasteiger partial charge in [-0.2, -0.15) is 0 Å². The number of halogens is 1. The van der Waals surface area contributed by atoms with Gasteiger partial charge < -0.3 is 10.6 Å². The lowest BCUT2D eigenvalue weighted by Gasteiger charge is -2.17. The van der Waals surface area contributed by atoms with Crippen molar-refractivity contribution in [3.05, 3.63) is 60.2 Å². The van der Waals surface area contributed by atoms with Crippen LogP contribution in [0.15, 0.2) is 48.8 Å². The summed E-state index contributed by atoms with van der Waals surface area (Å²) in [6, 6.07) is 12.5. The van der Waals surface area contributed by atoms with Gasteiger partial charge in [-0.1, -0.05) is 18.2 Å². The van der Waals surface area contributed by atoms with Crippen LogP contribution in [0.1, 0.15) is 31.4 Å². The predicted molar refractivity (Wildman–Crippen MR) is 99.3 cm³/mol. The molecule has 1 aromatic heterocycles. The van der Waals surface area contributed by atoms with Gasteiger partial charge in [0, 0.05) is 23.0 Å². The predicted octanol–water partition coefficient (Wildman–Crippen LogP) is 4.29. The number of carbonyl (C=O) groups excluding carboxylic acids is 1. The minimum atomic E-state index is -0.364. The summed E-state index contributed by atoms with van der Waals surface area (Å²) in [7, 11) is 0. The molecular formula is C20H19FN4O. The number of nitrogens with zero attached hydrogens (tertiary/aromatic N) is 2. The molecule has 0 spiro atoms. The molecule has 2 N–H and O–H groups in total. The molecule has 0 radical (unpaired) electrons. The summed E-state index contributed by atoms with van der Waals surface area (Å²) < 4.78 is 13.9. The van der Waals surface area contributed by atoms with Crippen molar-refractivity contribution >= 4 is 28.3 Å². The molecule has 1 aliphatic carbocycles. The number of nitrogens with one attached hydrogen (secondary N) is 2. The first-order valence-corrected chi connectivity index (χ1v) is 8.68. The first-order valence-electron chi connectivity index (χ1n) is 8.68. The molecule has 4 rings (SSSR count). The number of aromatic nitrogens is 2. The summed E-state index contributed by atoms with van der Waals surface area (Å²) in [5.41, 5.74) is 2.14. The molecule has 2 aromatic carbocycles. The first-order chi connectivity index (χ1) is 12.6. The van der Waals surface area contributed by atoms with E-state index in [-0.39, 0.29) is 23.7 Å². The van der Waals surface area contributed by atoms with Crippen LogP contribution in [0.2, 0.25) is 0 Å². The standard InChI is InChI=1S/C20H19FN4O/c1-12(13-7-9-15(10-8-13)25-20(26)14-5-6-14)24-19-16-3-2-4-17(21)18(16)22-11-23-19/h2-4,7-12,14H,5-6H2,1H3,(H,25,26)(H,22,23,24)/t12-/m1/s1. The van der Waals surface area contributed by atoms with Gasteiger partial charge in [0.2, 0.25) is 5.91 Å². The molecule has 0 bridgehead atoms.